The number of hydrogen-bond donors (Lipinski definition) is 0. The van der Waals surface area contributed by atoms with Crippen molar-refractivity contribution in [3.05, 3.63) is 28.2 Å². The lowest BCUT2D eigenvalue weighted by molar-refractivity contribution is 0.0931. The van der Waals surface area contributed by atoms with Crippen LogP contribution in [0.25, 0.3) is 0 Å². The van der Waals surface area contributed by atoms with E-state index in [-0.39, 0.29) is 5.78 Å². The highest BCUT2D eigenvalue weighted by atomic mass is 79.9. The van der Waals surface area contributed by atoms with E-state index in [0.717, 1.165) is 36.3 Å². The Morgan fingerprint density at radius 2 is 2.00 bits per heavy atom. The molecule has 0 unspecified atom stereocenters. The molecular formula is C16H25BrN2O2. The summed E-state index contributed by atoms with van der Waals surface area (Å²) in [6.07, 6.45) is 1.07. The predicted octanol–water partition coefficient (Wildman–Crippen LogP) is 2.91. The molecule has 0 atom stereocenters. The molecule has 1 aromatic carbocycles. The van der Waals surface area contributed by atoms with Crippen LogP contribution in [0.4, 0.5) is 0 Å². The molecule has 0 saturated heterocycles. The number of ketones is 1. The van der Waals surface area contributed by atoms with E-state index in [2.05, 4.69) is 46.7 Å². The molecular weight excluding hydrogens is 332 g/mol. The Morgan fingerprint density at radius 1 is 1.29 bits per heavy atom. The van der Waals surface area contributed by atoms with Crippen molar-refractivity contribution in [2.75, 3.05) is 47.4 Å². The molecule has 0 heterocycles. The molecule has 0 aliphatic carbocycles. The Balaban J connectivity index is 2.59. The van der Waals surface area contributed by atoms with Crippen LogP contribution >= 0.6 is 15.9 Å². The second-order valence-electron chi connectivity index (χ2n) is 5.30. The van der Waals surface area contributed by atoms with Crippen LogP contribution in [0.5, 0.6) is 5.75 Å². The summed E-state index contributed by atoms with van der Waals surface area (Å²) in [5, 5.41) is 0. The van der Waals surface area contributed by atoms with Crippen molar-refractivity contribution in [2.45, 2.75) is 13.3 Å². The molecule has 0 aliphatic heterocycles. The van der Waals surface area contributed by atoms with Gasteiger partial charge in [-0.3, -0.25) is 9.69 Å². The minimum absolute atomic E-state index is 0.144. The van der Waals surface area contributed by atoms with Gasteiger partial charge in [-0.25, -0.2) is 0 Å². The lowest BCUT2D eigenvalue weighted by Gasteiger charge is -2.20. The van der Waals surface area contributed by atoms with Gasteiger partial charge in [-0.15, -0.1) is 0 Å². The number of carbonyl (C=O) groups is 1. The second-order valence-corrected chi connectivity index (χ2v) is 6.15. The zero-order valence-electron chi connectivity index (χ0n) is 13.4. The van der Waals surface area contributed by atoms with E-state index in [0.29, 0.717) is 12.1 Å². The Bertz CT molecular complexity index is 464. The first kappa shape index (κ1) is 18.1. The maximum Gasteiger partial charge on any atom is 0.176 e. The van der Waals surface area contributed by atoms with E-state index in [1.54, 1.807) is 7.11 Å². The van der Waals surface area contributed by atoms with Gasteiger partial charge < -0.3 is 9.64 Å². The molecule has 0 radical (unpaired) electrons. The minimum atomic E-state index is 0.144. The van der Waals surface area contributed by atoms with Crippen molar-refractivity contribution in [3.8, 4) is 5.75 Å². The van der Waals surface area contributed by atoms with E-state index >= 15 is 0 Å². The topological polar surface area (TPSA) is 32.8 Å². The van der Waals surface area contributed by atoms with Crippen LogP contribution in [0.2, 0.25) is 0 Å². The smallest absolute Gasteiger partial charge is 0.176 e. The highest BCUT2D eigenvalue weighted by Crippen LogP contribution is 2.25. The van der Waals surface area contributed by atoms with Crippen LogP contribution in [0.15, 0.2) is 22.7 Å². The summed E-state index contributed by atoms with van der Waals surface area (Å²) < 4.78 is 6.00. The molecule has 0 saturated carbocycles. The van der Waals surface area contributed by atoms with Crippen LogP contribution in [0.3, 0.4) is 0 Å². The van der Waals surface area contributed by atoms with E-state index in [1.807, 2.05) is 18.2 Å². The summed E-state index contributed by atoms with van der Waals surface area (Å²) in [4.78, 5) is 16.7. The van der Waals surface area contributed by atoms with Gasteiger partial charge in [0.2, 0.25) is 0 Å². The fourth-order valence-corrected chi connectivity index (χ4v) is 2.63. The van der Waals surface area contributed by atoms with Crippen molar-refractivity contribution in [1.29, 1.82) is 0 Å². The Labute approximate surface area is 136 Å². The first-order valence-corrected chi connectivity index (χ1v) is 8.01. The summed E-state index contributed by atoms with van der Waals surface area (Å²) in [6.45, 7) is 5.42. The van der Waals surface area contributed by atoms with Gasteiger partial charge in [-0.05, 0) is 74.3 Å². The first-order chi connectivity index (χ1) is 9.97. The Morgan fingerprint density at radius 3 is 2.52 bits per heavy atom. The standard InChI is InChI=1S/C16H25BrN2O2/c1-5-19(10-6-9-18(2)3)12-15(20)13-7-8-16(21-4)14(17)11-13/h7-8,11H,5-6,9-10,12H2,1-4H3. The molecule has 0 fully saturated rings. The van der Waals surface area contributed by atoms with Crippen LogP contribution < -0.4 is 4.74 Å². The van der Waals surface area contributed by atoms with E-state index in [1.165, 1.54) is 0 Å². The predicted molar refractivity (Wildman–Crippen MR) is 90.3 cm³/mol. The lowest BCUT2D eigenvalue weighted by atomic mass is 10.1. The fourth-order valence-electron chi connectivity index (χ4n) is 2.09. The monoisotopic (exact) mass is 356 g/mol. The number of likely N-dealkylation sites (N-methyl/N-ethyl adjacent to an activating group) is 1. The van der Waals surface area contributed by atoms with Gasteiger partial charge in [-0.1, -0.05) is 6.92 Å². The molecule has 0 bridgehead atoms. The molecule has 0 amide bonds. The summed E-state index contributed by atoms with van der Waals surface area (Å²) in [6, 6.07) is 5.47. The SMILES string of the molecule is CCN(CCCN(C)C)CC(=O)c1ccc(OC)c(Br)c1. The molecule has 0 aliphatic rings. The number of rotatable bonds is 9. The average Bonchev–Trinajstić information content (AvgIpc) is 2.45. The maximum absolute atomic E-state index is 12.3. The third-order valence-electron chi connectivity index (χ3n) is 3.37. The number of halogens is 1. The summed E-state index contributed by atoms with van der Waals surface area (Å²) >= 11 is 3.42. The van der Waals surface area contributed by atoms with Gasteiger partial charge in [0.1, 0.15) is 5.75 Å². The van der Waals surface area contributed by atoms with Crippen LogP contribution in [0.1, 0.15) is 23.7 Å². The van der Waals surface area contributed by atoms with Gasteiger partial charge in [0.15, 0.2) is 5.78 Å². The number of hydrogen-bond acceptors (Lipinski definition) is 4. The van der Waals surface area contributed by atoms with E-state index < -0.39 is 0 Å². The molecule has 5 heteroatoms. The number of carbonyl (C=O) groups excluding carboxylic acids is 1. The molecule has 21 heavy (non-hydrogen) atoms. The van der Waals surface area contributed by atoms with Crippen molar-refractivity contribution in [2.24, 2.45) is 0 Å². The van der Waals surface area contributed by atoms with Crippen LogP contribution in [-0.2, 0) is 0 Å². The molecule has 0 N–H and O–H groups in total. The van der Waals surface area contributed by atoms with Crippen molar-refractivity contribution < 1.29 is 9.53 Å². The number of methoxy groups -OCH3 is 1. The van der Waals surface area contributed by atoms with Gasteiger partial charge in [-0.2, -0.15) is 0 Å². The minimum Gasteiger partial charge on any atom is -0.496 e. The summed E-state index contributed by atoms with van der Waals surface area (Å²) in [5.74, 6) is 0.884. The van der Waals surface area contributed by atoms with Crippen molar-refractivity contribution in [1.82, 2.24) is 9.80 Å². The molecule has 1 aromatic rings. The number of Topliss-reactive ketones (excluding diaryl/α,β-unsaturated/α-hetero) is 1. The third kappa shape index (κ3) is 6.16. The maximum atomic E-state index is 12.3. The molecule has 4 nitrogen and oxygen atoms in total. The molecule has 0 spiro atoms. The largest absolute Gasteiger partial charge is 0.496 e. The van der Waals surface area contributed by atoms with Crippen LogP contribution in [-0.4, -0.2) is 63.0 Å². The van der Waals surface area contributed by atoms with Gasteiger partial charge in [0.25, 0.3) is 0 Å². The summed E-state index contributed by atoms with van der Waals surface area (Å²) in [5.41, 5.74) is 0.716. The first-order valence-electron chi connectivity index (χ1n) is 7.21. The van der Waals surface area contributed by atoms with Gasteiger partial charge in [0, 0.05) is 5.56 Å². The number of benzene rings is 1. The van der Waals surface area contributed by atoms with Crippen molar-refractivity contribution in [3.63, 3.8) is 0 Å². The number of nitrogens with zero attached hydrogens (tertiary/aromatic N) is 2. The Kier molecular flexibility index (Phi) is 7.93. The quantitative estimate of drug-likeness (QED) is 0.637. The van der Waals surface area contributed by atoms with Crippen LogP contribution in [0, 0.1) is 0 Å². The third-order valence-corrected chi connectivity index (χ3v) is 3.99. The zero-order chi connectivity index (χ0) is 15.8. The average molecular weight is 357 g/mol. The van der Waals surface area contributed by atoms with Gasteiger partial charge >= 0.3 is 0 Å². The molecule has 118 valence electrons. The molecule has 1 rings (SSSR count). The normalized spacial score (nSPS) is 11.2. The highest BCUT2D eigenvalue weighted by molar-refractivity contribution is 9.10. The number of ether oxygens (including phenoxy) is 1. The zero-order valence-corrected chi connectivity index (χ0v) is 14.9. The Hall–Kier alpha value is -0.910. The van der Waals surface area contributed by atoms with Gasteiger partial charge in [0.05, 0.1) is 18.1 Å². The fraction of sp³-hybridized carbons (Fsp3) is 0.562. The summed E-state index contributed by atoms with van der Waals surface area (Å²) in [7, 11) is 5.75. The van der Waals surface area contributed by atoms with E-state index in [4.69, 9.17) is 4.74 Å². The van der Waals surface area contributed by atoms with E-state index in [9.17, 15) is 4.79 Å². The van der Waals surface area contributed by atoms with Crippen molar-refractivity contribution >= 4 is 21.7 Å². The lowest BCUT2D eigenvalue weighted by Crippen LogP contribution is -2.32. The molecule has 0 aromatic heterocycles. The highest BCUT2D eigenvalue weighted by Gasteiger charge is 2.13. The second kappa shape index (κ2) is 9.18.